The maximum absolute atomic E-state index is 13.1. The van der Waals surface area contributed by atoms with Gasteiger partial charge in [0.15, 0.2) is 5.11 Å². The van der Waals surface area contributed by atoms with Crippen molar-refractivity contribution >= 4 is 74.1 Å². The quantitative estimate of drug-likeness (QED) is 0.406. The lowest BCUT2D eigenvalue weighted by Crippen LogP contribution is -2.54. The molecule has 0 unspecified atom stereocenters. The molecule has 2 aromatic rings. The first-order valence-electron chi connectivity index (χ1n) is 8.33. The number of aryl methyl sites for hydroxylation is 1. The predicted molar refractivity (Wildman–Crippen MR) is 121 cm³/mol. The van der Waals surface area contributed by atoms with Crippen molar-refractivity contribution in [1.82, 2.24) is 5.32 Å². The van der Waals surface area contributed by atoms with Crippen molar-refractivity contribution in [3.63, 3.8) is 0 Å². The molecule has 2 amide bonds. The molecule has 0 saturated carbocycles. The molecule has 3 rings (SSSR count). The first-order chi connectivity index (χ1) is 13.2. The van der Waals surface area contributed by atoms with Gasteiger partial charge in [-0.1, -0.05) is 23.7 Å². The van der Waals surface area contributed by atoms with Crippen LogP contribution in [0.25, 0.3) is 6.08 Å². The van der Waals surface area contributed by atoms with E-state index in [0.717, 1.165) is 15.7 Å². The number of benzene rings is 2. The predicted octanol–water partition coefficient (Wildman–Crippen LogP) is 4.31. The molecule has 1 N–H and O–H groups in total. The van der Waals surface area contributed by atoms with Gasteiger partial charge in [0, 0.05) is 23.6 Å². The first-order valence-corrected chi connectivity index (χ1v) is 9.91. The molecule has 1 aliphatic heterocycles. The number of carbonyl (C=O) groups is 2. The molecule has 2 aromatic carbocycles. The average Bonchev–Trinajstić information content (AvgIpc) is 2.61. The summed E-state index contributed by atoms with van der Waals surface area (Å²) in [5.74, 6) is -1.03. The fourth-order valence-corrected chi connectivity index (χ4v) is 3.96. The Balaban J connectivity index is 2.01. The lowest BCUT2D eigenvalue weighted by molar-refractivity contribution is -0.122. The van der Waals surface area contributed by atoms with Gasteiger partial charge < -0.3 is 4.90 Å². The van der Waals surface area contributed by atoms with Crippen LogP contribution in [0.5, 0.6) is 0 Å². The van der Waals surface area contributed by atoms with Crippen LogP contribution in [0.1, 0.15) is 11.1 Å². The van der Waals surface area contributed by atoms with Crippen LogP contribution in [0.15, 0.2) is 46.4 Å². The Morgan fingerprint density at radius 3 is 2.50 bits per heavy atom. The summed E-state index contributed by atoms with van der Waals surface area (Å²) in [4.78, 5) is 28.7. The third kappa shape index (κ3) is 3.97. The third-order valence-electron chi connectivity index (χ3n) is 4.28. The molecule has 144 valence electrons. The van der Waals surface area contributed by atoms with E-state index in [4.69, 9.17) is 23.8 Å². The van der Waals surface area contributed by atoms with Crippen LogP contribution < -0.4 is 15.1 Å². The minimum absolute atomic E-state index is 0.00481. The molecule has 1 heterocycles. The Bertz CT molecular complexity index is 1040. The Kier molecular flexibility index (Phi) is 5.88. The molecule has 0 aromatic heterocycles. The molecule has 0 atom stereocenters. The number of amides is 2. The van der Waals surface area contributed by atoms with Gasteiger partial charge in [-0.25, -0.2) is 0 Å². The fourth-order valence-electron chi connectivity index (χ4n) is 2.76. The second kappa shape index (κ2) is 8.03. The molecule has 0 aliphatic carbocycles. The highest BCUT2D eigenvalue weighted by Gasteiger charge is 2.34. The molecule has 0 bridgehead atoms. The number of nitrogens with zero attached hydrogens (tertiary/aromatic N) is 2. The minimum atomic E-state index is -0.530. The van der Waals surface area contributed by atoms with Crippen molar-refractivity contribution in [3.05, 3.63) is 62.6 Å². The number of rotatable bonds is 3. The van der Waals surface area contributed by atoms with Crippen LogP contribution in [-0.4, -0.2) is 31.0 Å². The average molecular weight is 479 g/mol. The van der Waals surface area contributed by atoms with Crippen molar-refractivity contribution in [2.75, 3.05) is 23.9 Å². The van der Waals surface area contributed by atoms with Gasteiger partial charge in [0.25, 0.3) is 11.8 Å². The highest BCUT2D eigenvalue weighted by molar-refractivity contribution is 9.10. The topological polar surface area (TPSA) is 52.7 Å². The standard InChI is InChI=1S/C20H17BrClN3O2S/c1-11-4-6-13(10-16(11)22)25-19(27)14(18(26)23-20(25)28)8-12-5-7-17(24(2)3)15(21)9-12/h4-10H,1-3H3,(H,23,26,28)/b14-8-. The number of anilines is 2. The van der Waals surface area contributed by atoms with Gasteiger partial charge in [0.1, 0.15) is 5.57 Å². The van der Waals surface area contributed by atoms with E-state index >= 15 is 0 Å². The maximum atomic E-state index is 13.1. The lowest BCUT2D eigenvalue weighted by Gasteiger charge is -2.29. The van der Waals surface area contributed by atoms with Gasteiger partial charge in [0.05, 0.1) is 11.4 Å². The van der Waals surface area contributed by atoms with Crippen molar-refractivity contribution < 1.29 is 9.59 Å². The Labute approximate surface area is 182 Å². The minimum Gasteiger partial charge on any atom is -0.377 e. The van der Waals surface area contributed by atoms with E-state index in [0.29, 0.717) is 16.3 Å². The smallest absolute Gasteiger partial charge is 0.270 e. The third-order valence-corrected chi connectivity index (χ3v) is 5.61. The molecule has 5 nitrogen and oxygen atoms in total. The summed E-state index contributed by atoms with van der Waals surface area (Å²) in [7, 11) is 3.86. The largest absolute Gasteiger partial charge is 0.377 e. The van der Waals surface area contributed by atoms with Gasteiger partial charge in [-0.05, 0) is 76.5 Å². The van der Waals surface area contributed by atoms with E-state index < -0.39 is 11.8 Å². The fraction of sp³-hybridized carbons (Fsp3) is 0.150. The lowest BCUT2D eigenvalue weighted by atomic mass is 10.1. The van der Waals surface area contributed by atoms with Crippen molar-refractivity contribution in [3.8, 4) is 0 Å². The Morgan fingerprint density at radius 1 is 1.18 bits per heavy atom. The zero-order chi connectivity index (χ0) is 20.6. The first kappa shape index (κ1) is 20.5. The number of carbonyl (C=O) groups excluding carboxylic acids is 2. The van der Waals surface area contributed by atoms with Crippen LogP contribution in [0.4, 0.5) is 11.4 Å². The van der Waals surface area contributed by atoms with E-state index in [2.05, 4.69) is 21.2 Å². The molecule has 28 heavy (non-hydrogen) atoms. The summed E-state index contributed by atoms with van der Waals surface area (Å²) in [5, 5.41) is 3.11. The zero-order valence-corrected chi connectivity index (χ0v) is 18.6. The highest BCUT2D eigenvalue weighted by atomic mass is 79.9. The van der Waals surface area contributed by atoms with Crippen LogP contribution in [0.2, 0.25) is 5.02 Å². The summed E-state index contributed by atoms with van der Waals surface area (Å²) >= 11 is 14.9. The summed E-state index contributed by atoms with van der Waals surface area (Å²) in [6, 6.07) is 10.8. The van der Waals surface area contributed by atoms with Gasteiger partial charge in [-0.3, -0.25) is 19.8 Å². The molecular weight excluding hydrogens is 462 g/mol. The Hall–Kier alpha value is -2.22. The maximum Gasteiger partial charge on any atom is 0.270 e. The summed E-state index contributed by atoms with van der Waals surface area (Å²) in [6.45, 7) is 1.87. The van der Waals surface area contributed by atoms with Crippen LogP contribution in [-0.2, 0) is 9.59 Å². The molecule has 1 aliphatic rings. The van der Waals surface area contributed by atoms with Crippen LogP contribution in [0.3, 0.4) is 0 Å². The van der Waals surface area contributed by atoms with E-state index in [9.17, 15) is 9.59 Å². The molecular formula is C20H17BrClN3O2S. The number of hydrogen-bond donors (Lipinski definition) is 1. The van der Waals surface area contributed by atoms with E-state index in [1.54, 1.807) is 24.3 Å². The van der Waals surface area contributed by atoms with Gasteiger partial charge >= 0.3 is 0 Å². The van der Waals surface area contributed by atoms with E-state index in [1.165, 1.54) is 4.90 Å². The van der Waals surface area contributed by atoms with Gasteiger partial charge in [-0.15, -0.1) is 0 Å². The van der Waals surface area contributed by atoms with E-state index in [-0.39, 0.29) is 10.7 Å². The van der Waals surface area contributed by atoms with Crippen molar-refractivity contribution in [1.29, 1.82) is 0 Å². The zero-order valence-electron chi connectivity index (χ0n) is 15.4. The van der Waals surface area contributed by atoms with Crippen LogP contribution in [0, 0.1) is 6.92 Å². The number of hydrogen-bond acceptors (Lipinski definition) is 4. The van der Waals surface area contributed by atoms with Crippen LogP contribution >= 0.6 is 39.7 Å². The molecule has 8 heteroatoms. The van der Waals surface area contributed by atoms with Crippen molar-refractivity contribution in [2.24, 2.45) is 0 Å². The second-order valence-corrected chi connectivity index (χ2v) is 8.14. The Morgan fingerprint density at radius 2 is 1.89 bits per heavy atom. The normalized spacial score (nSPS) is 15.8. The van der Waals surface area contributed by atoms with E-state index in [1.807, 2.05) is 44.1 Å². The van der Waals surface area contributed by atoms with Crippen molar-refractivity contribution in [2.45, 2.75) is 6.92 Å². The number of nitrogens with one attached hydrogen (secondary N) is 1. The molecule has 0 spiro atoms. The highest BCUT2D eigenvalue weighted by Crippen LogP contribution is 2.29. The monoisotopic (exact) mass is 477 g/mol. The second-order valence-electron chi connectivity index (χ2n) is 6.50. The molecule has 1 fully saturated rings. The number of thiocarbonyl (C=S) groups is 1. The molecule has 1 saturated heterocycles. The van der Waals surface area contributed by atoms with Gasteiger partial charge in [0.2, 0.25) is 0 Å². The number of halogens is 2. The van der Waals surface area contributed by atoms with Gasteiger partial charge in [-0.2, -0.15) is 0 Å². The summed E-state index contributed by atoms with van der Waals surface area (Å²) in [6.07, 6.45) is 1.55. The summed E-state index contributed by atoms with van der Waals surface area (Å²) < 4.78 is 0.855. The summed E-state index contributed by atoms with van der Waals surface area (Å²) in [5.41, 5.74) is 3.08. The molecule has 0 radical (unpaired) electrons. The SMILES string of the molecule is Cc1ccc(N2C(=O)/C(=C\c3ccc(N(C)C)c(Br)c3)C(=O)NC2=S)cc1Cl.